The third-order valence-corrected chi connectivity index (χ3v) is 2.22. The van der Waals surface area contributed by atoms with E-state index in [2.05, 4.69) is 27.4 Å². The number of hydrogen-bond donors (Lipinski definition) is 3. The van der Waals surface area contributed by atoms with Crippen LogP contribution in [0.1, 0.15) is 6.42 Å². The number of nitrogens with two attached hydrogens (primary N) is 1. The second-order valence-corrected chi connectivity index (χ2v) is 3.21. The van der Waals surface area contributed by atoms with Crippen molar-refractivity contribution in [3.8, 4) is 0 Å². The van der Waals surface area contributed by atoms with Gasteiger partial charge < -0.3 is 11.1 Å². The highest BCUT2D eigenvalue weighted by Gasteiger charge is 2.19. The van der Waals surface area contributed by atoms with Crippen LogP contribution in [-0.4, -0.2) is 30.8 Å². The first-order valence-corrected chi connectivity index (χ1v) is 4.34. The Hall–Kier alpha value is -1.36. The average molecular weight is 179 g/mol. The number of hydrogen-bond acceptors (Lipinski definition) is 4. The molecular weight excluding hydrogens is 166 g/mol. The maximum Gasteiger partial charge on any atom is 0.154 e. The molecule has 2 aliphatic heterocycles. The maximum absolute atomic E-state index is 5.53. The molecule has 0 radical (unpaired) electrons. The van der Waals surface area contributed by atoms with Gasteiger partial charge in [-0.2, -0.15) is 5.10 Å². The van der Waals surface area contributed by atoms with Gasteiger partial charge in [-0.25, -0.2) is 0 Å². The van der Waals surface area contributed by atoms with Crippen molar-refractivity contribution < 1.29 is 0 Å². The SMILES string of the molecule is C=C1C(N)=NNC1=N[C@@H]1CCNC1. The van der Waals surface area contributed by atoms with Crippen molar-refractivity contribution in [2.45, 2.75) is 12.5 Å². The Morgan fingerprint density at radius 1 is 1.62 bits per heavy atom. The van der Waals surface area contributed by atoms with E-state index in [1.54, 1.807) is 0 Å². The van der Waals surface area contributed by atoms with Gasteiger partial charge in [-0.15, -0.1) is 0 Å². The van der Waals surface area contributed by atoms with E-state index in [9.17, 15) is 0 Å². The summed E-state index contributed by atoms with van der Waals surface area (Å²) in [5, 5.41) is 7.07. The monoisotopic (exact) mass is 179 g/mol. The summed E-state index contributed by atoms with van der Waals surface area (Å²) >= 11 is 0. The largest absolute Gasteiger partial charge is 0.382 e. The third-order valence-electron chi connectivity index (χ3n) is 2.22. The molecule has 0 aromatic carbocycles. The fourth-order valence-corrected chi connectivity index (χ4v) is 1.41. The van der Waals surface area contributed by atoms with Gasteiger partial charge in [0.15, 0.2) is 11.7 Å². The first-order valence-electron chi connectivity index (χ1n) is 4.34. The number of amidine groups is 2. The summed E-state index contributed by atoms with van der Waals surface area (Å²) in [6, 6.07) is 0.334. The first-order chi connectivity index (χ1) is 6.27. The van der Waals surface area contributed by atoms with Crippen LogP contribution in [0.25, 0.3) is 0 Å². The molecule has 0 unspecified atom stereocenters. The molecule has 13 heavy (non-hydrogen) atoms. The van der Waals surface area contributed by atoms with Crippen molar-refractivity contribution in [3.05, 3.63) is 12.2 Å². The van der Waals surface area contributed by atoms with Crippen LogP contribution in [0.4, 0.5) is 0 Å². The van der Waals surface area contributed by atoms with Crippen LogP contribution in [0.3, 0.4) is 0 Å². The minimum Gasteiger partial charge on any atom is -0.382 e. The molecule has 0 amide bonds. The fourth-order valence-electron chi connectivity index (χ4n) is 1.41. The van der Waals surface area contributed by atoms with Gasteiger partial charge in [0.05, 0.1) is 11.6 Å². The molecule has 0 saturated carbocycles. The molecule has 2 rings (SSSR count). The van der Waals surface area contributed by atoms with Gasteiger partial charge in [0, 0.05) is 6.54 Å². The molecule has 5 nitrogen and oxygen atoms in total. The zero-order valence-corrected chi connectivity index (χ0v) is 7.38. The molecular formula is C8H13N5. The van der Waals surface area contributed by atoms with Crippen LogP contribution in [0.2, 0.25) is 0 Å². The van der Waals surface area contributed by atoms with Gasteiger partial charge in [0.25, 0.3) is 0 Å². The van der Waals surface area contributed by atoms with Crippen molar-refractivity contribution in [3.63, 3.8) is 0 Å². The highest BCUT2D eigenvalue weighted by Crippen LogP contribution is 2.07. The predicted molar refractivity (Wildman–Crippen MR) is 52.6 cm³/mol. The van der Waals surface area contributed by atoms with Crippen LogP contribution in [0, 0.1) is 0 Å². The van der Waals surface area contributed by atoms with Crippen LogP contribution >= 0.6 is 0 Å². The summed E-state index contributed by atoms with van der Waals surface area (Å²) in [6.07, 6.45) is 1.07. The van der Waals surface area contributed by atoms with Gasteiger partial charge in [-0.1, -0.05) is 6.58 Å². The van der Waals surface area contributed by atoms with Crippen molar-refractivity contribution >= 4 is 11.7 Å². The summed E-state index contributed by atoms with van der Waals surface area (Å²) in [7, 11) is 0. The number of nitrogens with one attached hydrogen (secondary N) is 2. The highest BCUT2D eigenvalue weighted by atomic mass is 15.4. The average Bonchev–Trinajstić information content (AvgIpc) is 2.71. The Bertz CT molecular complexity index is 285. The van der Waals surface area contributed by atoms with Gasteiger partial charge in [-0.3, -0.25) is 10.4 Å². The standard InChI is InChI=1S/C8H13N5/c1-5-7(9)12-13-8(5)11-6-2-3-10-4-6/h6,10H,1-4H2,(H2,9,12)(H,11,13)/t6-/m1/s1. The van der Waals surface area contributed by atoms with E-state index in [0.29, 0.717) is 23.3 Å². The minimum atomic E-state index is 0.334. The van der Waals surface area contributed by atoms with E-state index in [1.807, 2.05) is 0 Å². The van der Waals surface area contributed by atoms with E-state index >= 15 is 0 Å². The van der Waals surface area contributed by atoms with Crippen LogP contribution in [-0.2, 0) is 0 Å². The van der Waals surface area contributed by atoms with Gasteiger partial charge in [-0.05, 0) is 13.0 Å². The molecule has 2 heterocycles. The molecule has 1 atom stereocenters. The molecule has 0 aromatic rings. The summed E-state index contributed by atoms with van der Waals surface area (Å²) in [5.74, 6) is 1.15. The van der Waals surface area contributed by atoms with Crippen molar-refractivity contribution in [1.82, 2.24) is 10.7 Å². The fraction of sp³-hybridized carbons (Fsp3) is 0.500. The predicted octanol–water partition coefficient (Wildman–Crippen LogP) is -0.822. The van der Waals surface area contributed by atoms with Gasteiger partial charge in [0.1, 0.15) is 0 Å². The summed E-state index contributed by atoms with van der Waals surface area (Å²) < 4.78 is 0. The molecule has 0 aromatic heterocycles. The van der Waals surface area contributed by atoms with Crippen LogP contribution < -0.4 is 16.5 Å². The van der Waals surface area contributed by atoms with Crippen molar-refractivity contribution in [1.29, 1.82) is 0 Å². The Kier molecular flexibility index (Phi) is 2.02. The molecule has 0 bridgehead atoms. The Morgan fingerprint density at radius 2 is 2.46 bits per heavy atom. The number of hydrazone groups is 1. The quantitative estimate of drug-likeness (QED) is 0.492. The summed E-state index contributed by atoms with van der Waals surface area (Å²) in [6.45, 7) is 5.75. The molecule has 0 aliphatic carbocycles. The first kappa shape index (κ1) is 8.25. The molecule has 4 N–H and O–H groups in total. The second-order valence-electron chi connectivity index (χ2n) is 3.21. The van der Waals surface area contributed by atoms with E-state index in [0.717, 1.165) is 19.5 Å². The lowest BCUT2D eigenvalue weighted by atomic mass is 10.2. The lowest BCUT2D eigenvalue weighted by molar-refractivity contribution is 0.739. The normalized spacial score (nSPS) is 30.8. The van der Waals surface area contributed by atoms with E-state index < -0.39 is 0 Å². The molecule has 5 heteroatoms. The van der Waals surface area contributed by atoms with E-state index in [4.69, 9.17) is 5.73 Å². The lowest BCUT2D eigenvalue weighted by Crippen LogP contribution is -2.21. The van der Waals surface area contributed by atoms with Crippen LogP contribution in [0.15, 0.2) is 22.2 Å². The molecule has 0 spiro atoms. The van der Waals surface area contributed by atoms with E-state index in [1.165, 1.54) is 0 Å². The van der Waals surface area contributed by atoms with Gasteiger partial charge >= 0.3 is 0 Å². The zero-order chi connectivity index (χ0) is 9.26. The molecule has 1 fully saturated rings. The topological polar surface area (TPSA) is 74.8 Å². The third kappa shape index (κ3) is 1.55. The highest BCUT2D eigenvalue weighted by molar-refractivity contribution is 6.24. The van der Waals surface area contributed by atoms with Crippen molar-refractivity contribution in [2.24, 2.45) is 15.8 Å². The zero-order valence-electron chi connectivity index (χ0n) is 7.38. The van der Waals surface area contributed by atoms with E-state index in [-0.39, 0.29) is 0 Å². The number of nitrogens with zero attached hydrogens (tertiary/aromatic N) is 2. The number of aliphatic imine (C=N–C) groups is 1. The Balaban J connectivity index is 2.06. The van der Waals surface area contributed by atoms with Gasteiger partial charge in [0.2, 0.25) is 0 Å². The summed E-state index contributed by atoms with van der Waals surface area (Å²) in [4.78, 5) is 4.46. The molecule has 2 aliphatic rings. The smallest absolute Gasteiger partial charge is 0.154 e. The summed E-state index contributed by atoms with van der Waals surface area (Å²) in [5.41, 5.74) is 9.00. The lowest BCUT2D eigenvalue weighted by Gasteiger charge is -2.03. The molecule has 70 valence electrons. The molecule has 1 saturated heterocycles. The number of rotatable bonds is 1. The second kappa shape index (κ2) is 3.18. The maximum atomic E-state index is 5.53. The van der Waals surface area contributed by atoms with Crippen molar-refractivity contribution in [2.75, 3.05) is 13.1 Å². The Labute approximate surface area is 76.8 Å². The minimum absolute atomic E-state index is 0.334. The van der Waals surface area contributed by atoms with Crippen LogP contribution in [0.5, 0.6) is 0 Å². The Morgan fingerprint density at radius 3 is 3.00 bits per heavy atom.